The number of alkyl halides is 2. The fraction of sp³-hybridized carbons (Fsp3) is 0.250. The lowest BCUT2D eigenvalue weighted by atomic mass is 10.3. The molecular weight excluding hydrogens is 290 g/mol. The van der Waals surface area contributed by atoms with Crippen molar-refractivity contribution in [2.24, 2.45) is 0 Å². The number of ether oxygens (including phenoxy) is 1. The molecule has 1 N–H and O–H groups in total. The van der Waals surface area contributed by atoms with E-state index in [1.807, 2.05) is 0 Å². The first-order valence-corrected chi connectivity index (χ1v) is 6.37. The number of nitrogens with one attached hydrogen (secondary N) is 1. The number of amides is 1. The van der Waals surface area contributed by atoms with Gasteiger partial charge in [0.15, 0.2) is 6.61 Å². The van der Waals surface area contributed by atoms with Gasteiger partial charge in [0.05, 0.1) is 5.56 Å². The number of pyridine rings is 1. The molecule has 0 unspecified atom stereocenters. The van der Waals surface area contributed by atoms with Gasteiger partial charge in [-0.1, -0.05) is 6.08 Å². The zero-order valence-electron chi connectivity index (χ0n) is 10.3. The van der Waals surface area contributed by atoms with Crippen molar-refractivity contribution in [2.75, 3.05) is 13.2 Å². The van der Waals surface area contributed by atoms with Crippen molar-refractivity contribution >= 4 is 23.6 Å². The second kappa shape index (κ2) is 8.26. The third-order valence-corrected chi connectivity index (χ3v) is 2.70. The summed E-state index contributed by atoms with van der Waals surface area (Å²) in [5.41, 5.74) is -0.102. The number of hydrogen-bond donors (Lipinski definition) is 1. The Morgan fingerprint density at radius 1 is 1.55 bits per heavy atom. The fourth-order valence-corrected chi connectivity index (χ4v) is 1.74. The van der Waals surface area contributed by atoms with Crippen LogP contribution in [-0.4, -0.2) is 35.8 Å². The fourth-order valence-electron chi connectivity index (χ4n) is 1.17. The van der Waals surface area contributed by atoms with Gasteiger partial charge in [0.1, 0.15) is 5.03 Å². The van der Waals surface area contributed by atoms with E-state index in [1.165, 1.54) is 24.4 Å². The zero-order chi connectivity index (χ0) is 15.0. The molecule has 0 atom stereocenters. The highest BCUT2D eigenvalue weighted by Gasteiger charge is 2.18. The average Bonchev–Trinajstić information content (AvgIpc) is 2.42. The quantitative estimate of drug-likeness (QED) is 0.473. The largest absolute Gasteiger partial charge is 0.452 e. The monoisotopic (exact) mass is 302 g/mol. The lowest BCUT2D eigenvalue weighted by Crippen LogP contribution is -2.28. The molecule has 0 aromatic carbocycles. The van der Waals surface area contributed by atoms with Crippen LogP contribution in [0.3, 0.4) is 0 Å². The molecule has 0 aliphatic rings. The third kappa shape index (κ3) is 5.35. The minimum Gasteiger partial charge on any atom is -0.452 e. The molecule has 0 saturated carbocycles. The summed E-state index contributed by atoms with van der Waals surface area (Å²) in [5.74, 6) is -4.09. The van der Waals surface area contributed by atoms with Gasteiger partial charge in [-0.3, -0.25) is 4.79 Å². The van der Waals surface area contributed by atoms with Crippen LogP contribution in [0, 0.1) is 0 Å². The lowest BCUT2D eigenvalue weighted by molar-refractivity contribution is -0.124. The maximum absolute atomic E-state index is 12.3. The Labute approximate surface area is 118 Å². The molecule has 108 valence electrons. The number of thioether (sulfide) groups is 1. The summed E-state index contributed by atoms with van der Waals surface area (Å²) in [6, 6.07) is 2.73. The number of halogens is 2. The Morgan fingerprint density at radius 2 is 2.30 bits per heavy atom. The summed E-state index contributed by atoms with van der Waals surface area (Å²) >= 11 is 0.142. The molecule has 0 radical (unpaired) electrons. The van der Waals surface area contributed by atoms with Crippen LogP contribution in [0.1, 0.15) is 10.4 Å². The van der Waals surface area contributed by atoms with E-state index in [2.05, 4.69) is 16.9 Å². The first-order chi connectivity index (χ1) is 9.54. The lowest BCUT2D eigenvalue weighted by Gasteiger charge is -2.08. The van der Waals surface area contributed by atoms with E-state index in [0.29, 0.717) is 0 Å². The van der Waals surface area contributed by atoms with E-state index in [0.717, 1.165) is 0 Å². The molecular formula is C12H12F2N2O3S. The van der Waals surface area contributed by atoms with E-state index in [9.17, 15) is 18.4 Å². The van der Waals surface area contributed by atoms with E-state index < -0.39 is 24.2 Å². The number of nitrogens with zero attached hydrogens (tertiary/aromatic N) is 1. The highest BCUT2D eigenvalue weighted by atomic mass is 32.2. The molecule has 0 aliphatic carbocycles. The molecule has 0 bridgehead atoms. The molecule has 5 nitrogen and oxygen atoms in total. The number of rotatable bonds is 7. The molecule has 0 spiro atoms. The third-order valence-electron chi connectivity index (χ3n) is 1.97. The van der Waals surface area contributed by atoms with Crippen molar-refractivity contribution in [3.63, 3.8) is 0 Å². The highest BCUT2D eigenvalue weighted by Crippen LogP contribution is 2.26. The minimum atomic E-state index is -2.70. The Bertz CT molecular complexity index is 497. The van der Waals surface area contributed by atoms with Gasteiger partial charge in [-0.2, -0.15) is 8.78 Å². The maximum Gasteiger partial charge on any atom is 0.341 e. The van der Waals surface area contributed by atoms with Crippen molar-refractivity contribution in [1.82, 2.24) is 10.3 Å². The molecule has 1 rings (SSSR count). The molecule has 20 heavy (non-hydrogen) atoms. The number of hydrogen-bond acceptors (Lipinski definition) is 5. The zero-order valence-corrected chi connectivity index (χ0v) is 11.2. The minimum absolute atomic E-state index is 0.102. The Kier molecular flexibility index (Phi) is 6.65. The van der Waals surface area contributed by atoms with Crippen molar-refractivity contribution in [2.45, 2.75) is 10.8 Å². The van der Waals surface area contributed by atoms with Gasteiger partial charge in [0.2, 0.25) is 0 Å². The molecule has 1 heterocycles. The van der Waals surface area contributed by atoms with Crippen LogP contribution in [0.5, 0.6) is 0 Å². The second-order valence-corrected chi connectivity index (χ2v) is 4.38. The van der Waals surface area contributed by atoms with Crippen molar-refractivity contribution in [1.29, 1.82) is 0 Å². The van der Waals surface area contributed by atoms with Gasteiger partial charge in [-0.15, -0.1) is 6.58 Å². The van der Waals surface area contributed by atoms with E-state index >= 15 is 0 Å². The van der Waals surface area contributed by atoms with Crippen LogP contribution in [0.25, 0.3) is 0 Å². The average molecular weight is 302 g/mol. The van der Waals surface area contributed by atoms with E-state index in [-0.39, 0.29) is 28.9 Å². The normalized spacial score (nSPS) is 10.2. The second-order valence-electron chi connectivity index (χ2n) is 3.40. The summed E-state index contributed by atoms with van der Waals surface area (Å²) in [4.78, 5) is 26.6. The molecule has 8 heteroatoms. The topological polar surface area (TPSA) is 68.3 Å². The Balaban J connectivity index is 2.63. The molecule has 1 aromatic heterocycles. The van der Waals surface area contributed by atoms with Crippen LogP contribution in [0.4, 0.5) is 8.78 Å². The number of esters is 1. The SMILES string of the molecule is C=CCNC(=O)COC(=O)c1cccnc1SC(F)F. The van der Waals surface area contributed by atoms with Gasteiger partial charge in [0.25, 0.3) is 11.7 Å². The number of aromatic nitrogens is 1. The van der Waals surface area contributed by atoms with Gasteiger partial charge >= 0.3 is 5.97 Å². The highest BCUT2D eigenvalue weighted by molar-refractivity contribution is 7.99. The first kappa shape index (κ1) is 16.1. The molecule has 0 fully saturated rings. The van der Waals surface area contributed by atoms with Crippen molar-refractivity contribution in [3.05, 3.63) is 36.5 Å². The van der Waals surface area contributed by atoms with Crippen LogP contribution < -0.4 is 5.32 Å². The van der Waals surface area contributed by atoms with Crippen LogP contribution in [0.15, 0.2) is 36.0 Å². The summed E-state index contributed by atoms with van der Waals surface area (Å²) in [5, 5.41) is 2.27. The predicted molar refractivity (Wildman–Crippen MR) is 69.6 cm³/mol. The van der Waals surface area contributed by atoms with E-state index in [4.69, 9.17) is 4.74 Å². The summed E-state index contributed by atoms with van der Waals surface area (Å²) < 4.78 is 29.4. The van der Waals surface area contributed by atoms with Crippen molar-refractivity contribution in [3.8, 4) is 0 Å². The van der Waals surface area contributed by atoms with Crippen LogP contribution in [0.2, 0.25) is 0 Å². The Morgan fingerprint density at radius 3 is 2.95 bits per heavy atom. The molecule has 0 saturated heterocycles. The smallest absolute Gasteiger partial charge is 0.341 e. The van der Waals surface area contributed by atoms with Gasteiger partial charge in [-0.25, -0.2) is 9.78 Å². The van der Waals surface area contributed by atoms with Crippen molar-refractivity contribution < 1.29 is 23.1 Å². The Hall–Kier alpha value is -1.96. The van der Waals surface area contributed by atoms with Crippen LogP contribution in [-0.2, 0) is 9.53 Å². The summed E-state index contributed by atoms with van der Waals surface area (Å²) in [6.45, 7) is 3.16. The number of carbonyl (C=O) groups is 2. The summed E-state index contributed by atoms with van der Waals surface area (Å²) in [6.07, 6.45) is 2.76. The molecule has 0 aliphatic heterocycles. The maximum atomic E-state index is 12.3. The van der Waals surface area contributed by atoms with E-state index in [1.54, 1.807) is 0 Å². The molecule has 1 aromatic rings. The summed E-state index contributed by atoms with van der Waals surface area (Å²) in [7, 11) is 0. The number of carbonyl (C=O) groups excluding carboxylic acids is 2. The molecule has 1 amide bonds. The standard InChI is InChI=1S/C12H12F2N2O3S/c1-2-5-15-9(17)7-19-11(18)8-4-3-6-16-10(8)20-12(13)14/h2-4,6,12H,1,5,7H2,(H,15,17). The van der Waals surface area contributed by atoms with Gasteiger partial charge < -0.3 is 10.1 Å². The van der Waals surface area contributed by atoms with Gasteiger partial charge in [0, 0.05) is 12.7 Å². The van der Waals surface area contributed by atoms with Gasteiger partial charge in [-0.05, 0) is 23.9 Å². The first-order valence-electron chi connectivity index (χ1n) is 5.49. The van der Waals surface area contributed by atoms with Crippen LogP contribution >= 0.6 is 11.8 Å². The predicted octanol–water partition coefficient (Wildman–Crippen LogP) is 1.86.